The zero-order valence-corrected chi connectivity index (χ0v) is 11.3. The summed E-state index contributed by atoms with van der Waals surface area (Å²) in [4.78, 5) is 13.8. The van der Waals surface area contributed by atoms with Crippen LogP contribution in [0.3, 0.4) is 0 Å². The van der Waals surface area contributed by atoms with E-state index in [1.165, 1.54) is 0 Å². The second-order valence-corrected chi connectivity index (χ2v) is 4.81. The second-order valence-electron chi connectivity index (χ2n) is 4.81. The Morgan fingerprint density at radius 1 is 1.22 bits per heavy atom. The number of aryl methyl sites for hydroxylation is 1. The van der Waals surface area contributed by atoms with Crippen LogP contribution >= 0.6 is 0 Å². The van der Waals surface area contributed by atoms with Crippen molar-refractivity contribution in [2.24, 2.45) is 0 Å². The number of benzene rings is 1. The van der Waals surface area contributed by atoms with Gasteiger partial charge in [0.05, 0.1) is 6.04 Å². The molecule has 0 bridgehead atoms. The maximum atomic E-state index is 11.8. The van der Waals surface area contributed by atoms with Crippen molar-refractivity contribution in [3.05, 3.63) is 51.9 Å². The van der Waals surface area contributed by atoms with E-state index in [9.17, 15) is 4.79 Å². The lowest BCUT2D eigenvalue weighted by Gasteiger charge is -2.16. The summed E-state index contributed by atoms with van der Waals surface area (Å²) in [6.07, 6.45) is 0. The highest BCUT2D eigenvalue weighted by Gasteiger charge is 2.11. The van der Waals surface area contributed by atoms with Crippen molar-refractivity contribution >= 4 is 5.69 Å². The van der Waals surface area contributed by atoms with Crippen molar-refractivity contribution < 1.29 is 0 Å². The van der Waals surface area contributed by atoms with Crippen LogP contribution in [0.1, 0.15) is 24.2 Å². The summed E-state index contributed by atoms with van der Waals surface area (Å²) in [5.41, 5.74) is 3.17. The van der Waals surface area contributed by atoms with Gasteiger partial charge in [-0.3, -0.25) is 9.89 Å². The van der Waals surface area contributed by atoms with Gasteiger partial charge in [-0.05, 0) is 31.5 Å². The monoisotopic (exact) mass is 245 g/mol. The third-order valence-corrected chi connectivity index (χ3v) is 3.15. The van der Waals surface area contributed by atoms with Gasteiger partial charge in [0, 0.05) is 31.5 Å². The molecule has 1 unspecified atom stereocenters. The summed E-state index contributed by atoms with van der Waals surface area (Å²) in [7, 11) is 4.02. The van der Waals surface area contributed by atoms with Gasteiger partial charge in [0.25, 0.3) is 5.56 Å². The number of anilines is 1. The summed E-state index contributed by atoms with van der Waals surface area (Å²) in [6.45, 7) is 3.90. The topological polar surface area (TPSA) is 41.0 Å². The number of H-pyrrole nitrogens is 1. The van der Waals surface area contributed by atoms with Crippen molar-refractivity contribution in [2.45, 2.75) is 19.9 Å². The summed E-state index contributed by atoms with van der Waals surface area (Å²) < 4.78 is 1.65. The number of nitrogens with one attached hydrogen (secondary N) is 1. The first kappa shape index (κ1) is 12.5. The number of hydrogen-bond acceptors (Lipinski definition) is 2. The van der Waals surface area contributed by atoms with Crippen LogP contribution in [-0.2, 0) is 0 Å². The van der Waals surface area contributed by atoms with Crippen LogP contribution in [0, 0.1) is 6.92 Å². The van der Waals surface area contributed by atoms with Gasteiger partial charge in [-0.25, -0.2) is 4.68 Å². The Balaban J connectivity index is 2.31. The lowest BCUT2D eigenvalue weighted by molar-refractivity contribution is 0.544. The molecular weight excluding hydrogens is 226 g/mol. The first-order chi connectivity index (χ1) is 8.49. The molecule has 0 aliphatic carbocycles. The van der Waals surface area contributed by atoms with E-state index >= 15 is 0 Å². The number of aromatic amines is 1. The summed E-state index contributed by atoms with van der Waals surface area (Å²) in [5.74, 6) is 0. The molecule has 1 aromatic carbocycles. The summed E-state index contributed by atoms with van der Waals surface area (Å²) >= 11 is 0. The maximum Gasteiger partial charge on any atom is 0.267 e. The Kier molecular flexibility index (Phi) is 3.28. The Labute approximate surface area is 107 Å². The molecule has 2 rings (SSSR count). The minimum atomic E-state index is 0.0108. The predicted molar refractivity (Wildman–Crippen MR) is 74.4 cm³/mol. The van der Waals surface area contributed by atoms with Crippen molar-refractivity contribution in [3.63, 3.8) is 0 Å². The molecule has 0 fully saturated rings. The van der Waals surface area contributed by atoms with Gasteiger partial charge < -0.3 is 4.90 Å². The van der Waals surface area contributed by atoms with Crippen molar-refractivity contribution in [1.29, 1.82) is 0 Å². The summed E-state index contributed by atoms with van der Waals surface area (Å²) in [6, 6.07) is 9.87. The zero-order valence-electron chi connectivity index (χ0n) is 11.3. The third-order valence-electron chi connectivity index (χ3n) is 3.15. The Morgan fingerprint density at radius 2 is 1.83 bits per heavy atom. The molecule has 0 saturated carbocycles. The highest BCUT2D eigenvalue weighted by Crippen LogP contribution is 2.19. The molecule has 2 aromatic rings. The molecule has 1 atom stereocenters. The van der Waals surface area contributed by atoms with Crippen molar-refractivity contribution in [2.75, 3.05) is 19.0 Å². The minimum Gasteiger partial charge on any atom is -0.378 e. The van der Waals surface area contributed by atoms with Crippen molar-refractivity contribution in [1.82, 2.24) is 9.78 Å². The first-order valence-electron chi connectivity index (χ1n) is 6.04. The molecule has 96 valence electrons. The van der Waals surface area contributed by atoms with Gasteiger partial charge in [-0.2, -0.15) is 0 Å². The number of hydrogen-bond donors (Lipinski definition) is 1. The van der Waals surface area contributed by atoms with E-state index in [0.29, 0.717) is 0 Å². The molecule has 1 aromatic heterocycles. The van der Waals surface area contributed by atoms with Gasteiger partial charge in [-0.15, -0.1) is 0 Å². The van der Waals surface area contributed by atoms with Crippen LogP contribution in [0.5, 0.6) is 0 Å². The molecule has 0 saturated heterocycles. The Hall–Kier alpha value is -1.97. The zero-order chi connectivity index (χ0) is 13.3. The fourth-order valence-electron chi connectivity index (χ4n) is 2.02. The molecule has 18 heavy (non-hydrogen) atoms. The molecule has 0 aliphatic rings. The highest BCUT2D eigenvalue weighted by atomic mass is 16.1. The molecule has 1 heterocycles. The van der Waals surface area contributed by atoms with Crippen LogP contribution in [-0.4, -0.2) is 23.9 Å². The number of rotatable bonds is 3. The Bertz CT molecular complexity index is 578. The van der Waals surface area contributed by atoms with Crippen LogP contribution in [0.2, 0.25) is 0 Å². The fourth-order valence-corrected chi connectivity index (χ4v) is 2.02. The normalized spacial score (nSPS) is 12.4. The molecular formula is C14H19N3O. The Morgan fingerprint density at radius 3 is 2.28 bits per heavy atom. The fraction of sp³-hybridized carbons (Fsp3) is 0.357. The van der Waals surface area contributed by atoms with Gasteiger partial charge in [-0.1, -0.05) is 12.1 Å². The number of aromatic nitrogens is 2. The van der Waals surface area contributed by atoms with E-state index in [4.69, 9.17) is 0 Å². The van der Waals surface area contributed by atoms with Crippen molar-refractivity contribution in [3.8, 4) is 0 Å². The van der Waals surface area contributed by atoms with Crippen LogP contribution in [0.15, 0.2) is 35.1 Å². The van der Waals surface area contributed by atoms with Gasteiger partial charge >= 0.3 is 0 Å². The van der Waals surface area contributed by atoms with Gasteiger partial charge in [0.15, 0.2) is 0 Å². The standard InChI is InChI=1S/C14H19N3O/c1-10-9-14(18)17(15-10)11(2)12-5-7-13(8-6-12)16(3)4/h5-9,11,15H,1-4H3. The van der Waals surface area contributed by atoms with E-state index in [0.717, 1.165) is 16.9 Å². The van der Waals surface area contributed by atoms with Crippen LogP contribution in [0.25, 0.3) is 0 Å². The van der Waals surface area contributed by atoms with E-state index < -0.39 is 0 Å². The molecule has 4 heteroatoms. The predicted octanol–water partition coefficient (Wildman–Crippen LogP) is 2.16. The third kappa shape index (κ3) is 2.32. The quantitative estimate of drug-likeness (QED) is 0.900. The van der Waals surface area contributed by atoms with Gasteiger partial charge in [0.1, 0.15) is 0 Å². The SMILES string of the molecule is Cc1cc(=O)n(C(C)c2ccc(N(C)C)cc2)[nH]1. The largest absolute Gasteiger partial charge is 0.378 e. The molecule has 0 spiro atoms. The lowest BCUT2D eigenvalue weighted by atomic mass is 10.1. The highest BCUT2D eigenvalue weighted by molar-refractivity contribution is 5.46. The molecule has 0 amide bonds. The molecule has 0 aliphatic heterocycles. The smallest absolute Gasteiger partial charge is 0.267 e. The van der Waals surface area contributed by atoms with E-state index in [2.05, 4.69) is 34.3 Å². The maximum absolute atomic E-state index is 11.8. The van der Waals surface area contributed by atoms with E-state index in [-0.39, 0.29) is 11.6 Å². The van der Waals surface area contributed by atoms with E-state index in [1.807, 2.05) is 27.9 Å². The average Bonchev–Trinajstić information content (AvgIpc) is 2.67. The minimum absolute atomic E-state index is 0.0108. The lowest BCUT2D eigenvalue weighted by Crippen LogP contribution is -2.21. The first-order valence-corrected chi connectivity index (χ1v) is 6.04. The van der Waals surface area contributed by atoms with E-state index in [1.54, 1.807) is 10.7 Å². The number of nitrogens with zero attached hydrogens (tertiary/aromatic N) is 2. The molecule has 4 nitrogen and oxygen atoms in total. The van der Waals surface area contributed by atoms with Crippen LogP contribution < -0.4 is 10.5 Å². The molecule has 1 N–H and O–H groups in total. The van der Waals surface area contributed by atoms with Crippen LogP contribution in [0.4, 0.5) is 5.69 Å². The second kappa shape index (κ2) is 4.72. The average molecular weight is 245 g/mol. The van der Waals surface area contributed by atoms with Gasteiger partial charge in [0.2, 0.25) is 0 Å². The summed E-state index contributed by atoms with van der Waals surface area (Å²) in [5, 5.41) is 3.07. The molecule has 0 radical (unpaired) electrons.